The first-order chi connectivity index (χ1) is 9.84. The lowest BCUT2D eigenvalue weighted by molar-refractivity contribution is -0.137. The number of benzene rings is 1. The molecule has 0 aliphatic carbocycles. The Hall–Kier alpha value is -2.57. The molecule has 4 nitrogen and oxygen atoms in total. The number of rotatable bonds is 1. The van der Waals surface area contributed by atoms with Crippen molar-refractivity contribution in [2.45, 2.75) is 13.1 Å². The number of halogens is 3. The number of nitrogen functional groups attached to an aromatic ring is 1. The summed E-state index contributed by atoms with van der Waals surface area (Å²) in [6.07, 6.45) is -4.44. The van der Waals surface area contributed by atoms with Crippen LogP contribution in [-0.2, 0) is 6.18 Å². The third-order valence-corrected chi connectivity index (χ3v) is 3.00. The van der Waals surface area contributed by atoms with Gasteiger partial charge in [0.05, 0.1) is 11.1 Å². The van der Waals surface area contributed by atoms with E-state index in [1.165, 1.54) is 6.07 Å². The van der Waals surface area contributed by atoms with E-state index >= 15 is 0 Å². The summed E-state index contributed by atoms with van der Waals surface area (Å²) in [5, 5.41) is 0. The first-order valence-electron chi connectivity index (χ1n) is 6.06. The predicted molar refractivity (Wildman–Crippen MR) is 71.4 cm³/mol. The van der Waals surface area contributed by atoms with Gasteiger partial charge in [-0.2, -0.15) is 18.2 Å². The van der Waals surface area contributed by atoms with Crippen molar-refractivity contribution in [2.75, 3.05) is 5.73 Å². The molecular weight excluding hydrogens is 283 g/mol. The molecule has 3 rings (SSSR count). The number of hydrogen-bond donors (Lipinski definition) is 1. The first-order valence-corrected chi connectivity index (χ1v) is 6.06. The summed E-state index contributed by atoms with van der Waals surface area (Å²) < 4.78 is 43.3. The van der Waals surface area contributed by atoms with Crippen molar-refractivity contribution in [1.29, 1.82) is 0 Å². The molecule has 2 heterocycles. The second-order valence-electron chi connectivity index (χ2n) is 4.59. The van der Waals surface area contributed by atoms with E-state index < -0.39 is 11.7 Å². The number of anilines is 1. The molecule has 0 fully saturated rings. The second kappa shape index (κ2) is 4.47. The second-order valence-corrected chi connectivity index (χ2v) is 4.59. The molecule has 2 aromatic heterocycles. The molecule has 0 bridgehead atoms. The number of aromatic nitrogens is 2. The van der Waals surface area contributed by atoms with Crippen LogP contribution >= 0.6 is 0 Å². The van der Waals surface area contributed by atoms with E-state index in [9.17, 15) is 13.2 Å². The van der Waals surface area contributed by atoms with E-state index in [0.717, 1.165) is 17.8 Å². The lowest BCUT2D eigenvalue weighted by Crippen LogP contribution is -2.06. The number of aryl methyl sites for hydroxylation is 1. The van der Waals surface area contributed by atoms with Crippen LogP contribution in [0.2, 0.25) is 0 Å². The molecule has 1 aromatic carbocycles. The van der Waals surface area contributed by atoms with E-state index in [1.807, 2.05) is 0 Å². The normalized spacial score (nSPS) is 12.0. The van der Waals surface area contributed by atoms with Crippen LogP contribution in [0.15, 0.2) is 34.7 Å². The third kappa shape index (κ3) is 2.42. The van der Waals surface area contributed by atoms with Crippen LogP contribution in [0.4, 0.5) is 18.9 Å². The highest BCUT2D eigenvalue weighted by Crippen LogP contribution is 2.35. The lowest BCUT2D eigenvalue weighted by Gasteiger charge is -2.08. The van der Waals surface area contributed by atoms with Gasteiger partial charge < -0.3 is 10.2 Å². The molecule has 7 heteroatoms. The number of fused-ring (bicyclic) bond motifs is 1. The lowest BCUT2D eigenvalue weighted by atomic mass is 10.1. The molecule has 2 N–H and O–H groups in total. The Labute approximate surface area is 117 Å². The van der Waals surface area contributed by atoms with Crippen molar-refractivity contribution in [1.82, 2.24) is 9.97 Å². The van der Waals surface area contributed by atoms with Crippen LogP contribution in [0.25, 0.3) is 22.7 Å². The van der Waals surface area contributed by atoms with Gasteiger partial charge in [-0.15, -0.1) is 0 Å². The fraction of sp³-hybridized carbons (Fsp3) is 0.143. The fourth-order valence-corrected chi connectivity index (χ4v) is 1.96. The van der Waals surface area contributed by atoms with Crippen LogP contribution in [-0.4, -0.2) is 9.97 Å². The minimum Gasteiger partial charge on any atom is -0.434 e. The molecular formula is C14H10F3N3O. The number of hydrogen-bond acceptors (Lipinski definition) is 4. The monoisotopic (exact) mass is 293 g/mol. The highest BCUT2D eigenvalue weighted by atomic mass is 19.4. The molecule has 0 saturated carbocycles. The van der Waals surface area contributed by atoms with Crippen LogP contribution < -0.4 is 5.73 Å². The van der Waals surface area contributed by atoms with E-state index in [4.69, 9.17) is 10.2 Å². The molecule has 0 atom stereocenters. The van der Waals surface area contributed by atoms with Crippen LogP contribution in [0.3, 0.4) is 0 Å². The SMILES string of the molecule is Cc1ccc2oc(-c3ccc(C(F)(F)F)cc3N)nc2n1. The van der Waals surface area contributed by atoms with Gasteiger partial charge in [-0.1, -0.05) is 0 Å². The number of oxazole rings is 1. The maximum Gasteiger partial charge on any atom is 0.416 e. The number of pyridine rings is 1. The Morgan fingerprint density at radius 1 is 1.10 bits per heavy atom. The number of nitrogens with zero attached hydrogens (tertiary/aromatic N) is 2. The first kappa shape index (κ1) is 13.4. The number of alkyl halides is 3. The standard InChI is InChI=1S/C14H10F3N3O/c1-7-2-5-11-12(19-7)20-13(21-11)9-4-3-8(6-10(9)18)14(15,16)17/h2-6H,18H2,1H3. The van der Waals surface area contributed by atoms with Crippen molar-refractivity contribution in [2.24, 2.45) is 0 Å². The van der Waals surface area contributed by atoms with Crippen LogP contribution in [0.5, 0.6) is 0 Å². The minimum atomic E-state index is -4.44. The molecule has 0 saturated heterocycles. The van der Waals surface area contributed by atoms with E-state index in [-0.39, 0.29) is 11.6 Å². The Kier molecular flexibility index (Phi) is 2.86. The van der Waals surface area contributed by atoms with Crippen molar-refractivity contribution in [3.63, 3.8) is 0 Å². The molecule has 0 spiro atoms. The molecule has 108 valence electrons. The Balaban J connectivity index is 2.10. The molecule has 0 amide bonds. The highest BCUT2D eigenvalue weighted by Gasteiger charge is 2.31. The van der Waals surface area contributed by atoms with Gasteiger partial charge in [-0.25, -0.2) is 4.98 Å². The smallest absolute Gasteiger partial charge is 0.416 e. The summed E-state index contributed by atoms with van der Waals surface area (Å²) in [6.45, 7) is 1.81. The van der Waals surface area contributed by atoms with E-state index in [0.29, 0.717) is 16.8 Å². The zero-order chi connectivity index (χ0) is 15.2. The largest absolute Gasteiger partial charge is 0.434 e. The third-order valence-electron chi connectivity index (χ3n) is 3.00. The molecule has 0 aliphatic heterocycles. The fourth-order valence-electron chi connectivity index (χ4n) is 1.96. The van der Waals surface area contributed by atoms with E-state index in [1.54, 1.807) is 19.1 Å². The molecule has 3 aromatic rings. The molecule has 21 heavy (non-hydrogen) atoms. The average molecular weight is 293 g/mol. The topological polar surface area (TPSA) is 64.9 Å². The number of nitrogens with two attached hydrogens (primary N) is 1. The van der Waals surface area contributed by atoms with Gasteiger partial charge in [0.2, 0.25) is 5.89 Å². The Morgan fingerprint density at radius 2 is 1.86 bits per heavy atom. The molecule has 0 radical (unpaired) electrons. The zero-order valence-corrected chi connectivity index (χ0v) is 10.9. The quantitative estimate of drug-likeness (QED) is 0.693. The van der Waals surface area contributed by atoms with Crippen molar-refractivity contribution in [3.8, 4) is 11.5 Å². The Morgan fingerprint density at radius 3 is 2.52 bits per heavy atom. The van der Waals surface area contributed by atoms with Gasteiger partial charge in [0.1, 0.15) is 0 Å². The zero-order valence-electron chi connectivity index (χ0n) is 10.9. The van der Waals surface area contributed by atoms with Crippen molar-refractivity contribution >= 4 is 16.9 Å². The van der Waals surface area contributed by atoms with Gasteiger partial charge in [-0.3, -0.25) is 0 Å². The summed E-state index contributed by atoms with van der Waals surface area (Å²) in [6, 6.07) is 6.51. The van der Waals surface area contributed by atoms with Gasteiger partial charge in [0.25, 0.3) is 0 Å². The van der Waals surface area contributed by atoms with Gasteiger partial charge in [0.15, 0.2) is 11.2 Å². The maximum absolute atomic E-state index is 12.6. The highest BCUT2D eigenvalue weighted by molar-refractivity contribution is 5.77. The summed E-state index contributed by atoms with van der Waals surface area (Å²) in [7, 11) is 0. The van der Waals surface area contributed by atoms with Crippen molar-refractivity contribution < 1.29 is 17.6 Å². The van der Waals surface area contributed by atoms with E-state index in [2.05, 4.69) is 9.97 Å². The van der Waals surface area contributed by atoms with Crippen molar-refractivity contribution in [3.05, 3.63) is 41.6 Å². The average Bonchev–Trinajstić information content (AvgIpc) is 2.80. The van der Waals surface area contributed by atoms with Crippen LogP contribution in [0.1, 0.15) is 11.3 Å². The maximum atomic E-state index is 12.6. The molecule has 0 aliphatic rings. The molecule has 0 unspecified atom stereocenters. The summed E-state index contributed by atoms with van der Waals surface area (Å²) in [5.41, 5.74) is 6.74. The summed E-state index contributed by atoms with van der Waals surface area (Å²) in [4.78, 5) is 8.34. The van der Waals surface area contributed by atoms with Gasteiger partial charge in [0, 0.05) is 11.4 Å². The van der Waals surface area contributed by atoms with Crippen LogP contribution in [0, 0.1) is 6.92 Å². The Bertz CT molecular complexity index is 824. The van der Waals surface area contributed by atoms with Gasteiger partial charge in [-0.05, 0) is 37.3 Å². The summed E-state index contributed by atoms with van der Waals surface area (Å²) in [5.74, 6) is 0.148. The summed E-state index contributed by atoms with van der Waals surface area (Å²) >= 11 is 0. The minimum absolute atomic E-state index is 0.0481. The van der Waals surface area contributed by atoms with Gasteiger partial charge >= 0.3 is 6.18 Å². The predicted octanol–water partition coefficient (Wildman–Crippen LogP) is 3.80.